The fourth-order valence-corrected chi connectivity index (χ4v) is 2.25. The Hall–Kier alpha value is -2.54. The molecule has 2 heterocycles. The smallest absolute Gasteiger partial charge is 0.305 e. The van der Waals surface area contributed by atoms with Gasteiger partial charge < -0.3 is 10.6 Å². The first-order valence-electron chi connectivity index (χ1n) is 6.29. The zero-order valence-corrected chi connectivity index (χ0v) is 10.7. The molecule has 0 atom stereocenters. The van der Waals surface area contributed by atoms with Crippen LogP contribution in [0.1, 0.15) is 11.1 Å². The van der Waals surface area contributed by atoms with Crippen LogP contribution in [-0.4, -0.2) is 21.4 Å². The van der Waals surface area contributed by atoms with Gasteiger partial charge in [-0.25, -0.2) is 9.97 Å². The summed E-state index contributed by atoms with van der Waals surface area (Å²) in [6.07, 6.45) is 3.34. The molecule has 0 saturated carbocycles. The number of aromatic nitrogens is 2. The molecule has 102 valence electrons. The average Bonchev–Trinajstić information content (AvgIpc) is 2.48. The summed E-state index contributed by atoms with van der Waals surface area (Å²) in [6, 6.07) is 6.03. The molecule has 1 aliphatic heterocycles. The Labute approximate surface area is 115 Å². The highest BCUT2D eigenvalue weighted by Crippen LogP contribution is 2.25. The number of nitrogens with one attached hydrogen (secondary N) is 2. The highest BCUT2D eigenvalue weighted by atomic mass is 16.6. The lowest BCUT2D eigenvalue weighted by molar-refractivity contribution is -0.385. The Bertz CT molecular complexity index is 642. The van der Waals surface area contributed by atoms with Crippen LogP contribution in [-0.2, 0) is 13.0 Å². The van der Waals surface area contributed by atoms with Crippen LogP contribution in [0.5, 0.6) is 0 Å². The standard InChI is InChI=1S/C13H13N5O2/c19-18(20)10-7-15-13(16-8-10)17-12-3-1-2-9-6-14-5-4-11(9)12/h1-3,7-8,14H,4-6H2,(H,15,16,17). The number of fused-ring (bicyclic) bond motifs is 1. The fourth-order valence-electron chi connectivity index (χ4n) is 2.25. The van der Waals surface area contributed by atoms with Gasteiger partial charge in [0.15, 0.2) is 0 Å². The molecule has 0 bridgehead atoms. The molecule has 0 saturated heterocycles. The second-order valence-electron chi connectivity index (χ2n) is 4.52. The largest absolute Gasteiger partial charge is 0.324 e. The molecular formula is C13H13N5O2. The van der Waals surface area contributed by atoms with E-state index in [0.29, 0.717) is 5.95 Å². The summed E-state index contributed by atoms with van der Waals surface area (Å²) < 4.78 is 0. The summed E-state index contributed by atoms with van der Waals surface area (Å²) in [4.78, 5) is 18.0. The van der Waals surface area contributed by atoms with Crippen LogP contribution >= 0.6 is 0 Å². The summed E-state index contributed by atoms with van der Waals surface area (Å²) >= 11 is 0. The number of hydrogen-bond acceptors (Lipinski definition) is 6. The fraction of sp³-hybridized carbons (Fsp3) is 0.231. The van der Waals surface area contributed by atoms with E-state index < -0.39 is 4.92 Å². The maximum atomic E-state index is 10.6. The number of hydrogen-bond donors (Lipinski definition) is 2. The average molecular weight is 271 g/mol. The molecule has 0 amide bonds. The highest BCUT2D eigenvalue weighted by molar-refractivity contribution is 5.61. The van der Waals surface area contributed by atoms with Crippen molar-refractivity contribution in [1.29, 1.82) is 0 Å². The van der Waals surface area contributed by atoms with Crippen LogP contribution in [0.25, 0.3) is 0 Å². The van der Waals surface area contributed by atoms with Crippen LogP contribution in [0.3, 0.4) is 0 Å². The van der Waals surface area contributed by atoms with Gasteiger partial charge in [0.25, 0.3) is 0 Å². The van der Waals surface area contributed by atoms with Gasteiger partial charge in [0.1, 0.15) is 12.4 Å². The second kappa shape index (κ2) is 5.22. The minimum absolute atomic E-state index is 0.116. The van der Waals surface area contributed by atoms with Crippen LogP contribution in [0.15, 0.2) is 30.6 Å². The van der Waals surface area contributed by atoms with Crippen LogP contribution in [0.4, 0.5) is 17.3 Å². The Balaban J connectivity index is 1.86. The van der Waals surface area contributed by atoms with Gasteiger partial charge in [-0.05, 0) is 30.2 Å². The van der Waals surface area contributed by atoms with Crippen molar-refractivity contribution < 1.29 is 4.92 Å². The molecule has 2 N–H and O–H groups in total. The number of rotatable bonds is 3. The molecule has 0 radical (unpaired) electrons. The zero-order valence-electron chi connectivity index (χ0n) is 10.7. The molecule has 0 fully saturated rings. The van der Waals surface area contributed by atoms with E-state index in [0.717, 1.165) is 25.2 Å². The Kier molecular flexibility index (Phi) is 3.26. The summed E-state index contributed by atoms with van der Waals surface area (Å²) in [5.41, 5.74) is 3.34. The summed E-state index contributed by atoms with van der Waals surface area (Å²) in [5.74, 6) is 0.363. The van der Waals surface area contributed by atoms with E-state index >= 15 is 0 Å². The molecule has 0 spiro atoms. The molecule has 0 unspecified atom stereocenters. The SMILES string of the molecule is O=[N+]([O-])c1cnc(Nc2cccc3c2CCNC3)nc1. The van der Waals surface area contributed by atoms with Crippen LogP contribution in [0, 0.1) is 10.1 Å². The number of benzene rings is 1. The van der Waals surface area contributed by atoms with Crippen molar-refractivity contribution in [1.82, 2.24) is 15.3 Å². The van der Waals surface area contributed by atoms with Crippen molar-refractivity contribution in [3.63, 3.8) is 0 Å². The van der Waals surface area contributed by atoms with Gasteiger partial charge in [0.2, 0.25) is 5.95 Å². The normalized spacial score (nSPS) is 13.6. The zero-order chi connectivity index (χ0) is 13.9. The van der Waals surface area contributed by atoms with Crippen LogP contribution in [0.2, 0.25) is 0 Å². The highest BCUT2D eigenvalue weighted by Gasteiger charge is 2.13. The quantitative estimate of drug-likeness (QED) is 0.653. The lowest BCUT2D eigenvalue weighted by atomic mass is 9.99. The third-order valence-corrected chi connectivity index (χ3v) is 3.24. The van der Waals surface area contributed by atoms with Crippen molar-refractivity contribution in [3.8, 4) is 0 Å². The Morgan fingerprint density at radius 1 is 1.30 bits per heavy atom. The van der Waals surface area contributed by atoms with Gasteiger partial charge in [-0.3, -0.25) is 10.1 Å². The topological polar surface area (TPSA) is 93.0 Å². The maximum absolute atomic E-state index is 10.6. The van der Waals surface area contributed by atoms with Crippen molar-refractivity contribution in [3.05, 3.63) is 51.8 Å². The van der Waals surface area contributed by atoms with E-state index in [9.17, 15) is 10.1 Å². The van der Waals surface area contributed by atoms with Crippen LogP contribution < -0.4 is 10.6 Å². The molecule has 1 aromatic heterocycles. The number of nitrogens with zero attached hydrogens (tertiary/aromatic N) is 3. The number of nitro groups is 1. The first kappa shape index (κ1) is 12.5. The van der Waals surface area contributed by atoms with Crippen molar-refractivity contribution >= 4 is 17.3 Å². The molecule has 7 heteroatoms. The third-order valence-electron chi connectivity index (χ3n) is 3.24. The Morgan fingerprint density at radius 2 is 2.10 bits per heavy atom. The lowest BCUT2D eigenvalue weighted by Crippen LogP contribution is -2.24. The first-order valence-corrected chi connectivity index (χ1v) is 6.29. The van der Waals surface area contributed by atoms with Gasteiger partial charge in [0, 0.05) is 12.2 Å². The van der Waals surface area contributed by atoms with E-state index in [1.54, 1.807) is 0 Å². The predicted octanol–water partition coefficient (Wildman–Crippen LogP) is 1.77. The molecule has 1 aliphatic rings. The first-order chi connectivity index (χ1) is 9.74. The summed E-state index contributed by atoms with van der Waals surface area (Å²) in [6.45, 7) is 1.79. The third kappa shape index (κ3) is 2.43. The van der Waals surface area contributed by atoms with Crippen molar-refractivity contribution in [2.24, 2.45) is 0 Å². The molecular weight excluding hydrogens is 258 g/mol. The van der Waals surface area contributed by atoms with Crippen molar-refractivity contribution in [2.75, 3.05) is 11.9 Å². The summed E-state index contributed by atoms with van der Waals surface area (Å²) in [7, 11) is 0. The monoisotopic (exact) mass is 271 g/mol. The van der Waals surface area contributed by atoms with Gasteiger partial charge in [-0.1, -0.05) is 12.1 Å². The van der Waals surface area contributed by atoms with E-state index in [-0.39, 0.29) is 5.69 Å². The molecule has 3 rings (SSSR count). The van der Waals surface area contributed by atoms with E-state index in [1.165, 1.54) is 23.5 Å². The van der Waals surface area contributed by atoms with E-state index in [2.05, 4.69) is 26.7 Å². The molecule has 7 nitrogen and oxygen atoms in total. The molecule has 1 aromatic carbocycles. The molecule has 20 heavy (non-hydrogen) atoms. The second-order valence-corrected chi connectivity index (χ2v) is 4.52. The van der Waals surface area contributed by atoms with Crippen molar-refractivity contribution in [2.45, 2.75) is 13.0 Å². The lowest BCUT2D eigenvalue weighted by Gasteiger charge is -2.20. The molecule has 2 aromatic rings. The predicted molar refractivity (Wildman–Crippen MR) is 73.8 cm³/mol. The van der Waals surface area contributed by atoms with Gasteiger partial charge in [0.05, 0.1) is 4.92 Å². The summed E-state index contributed by atoms with van der Waals surface area (Å²) in [5, 5.41) is 17.0. The minimum Gasteiger partial charge on any atom is -0.324 e. The maximum Gasteiger partial charge on any atom is 0.305 e. The van der Waals surface area contributed by atoms with E-state index in [1.807, 2.05) is 12.1 Å². The van der Waals surface area contributed by atoms with Gasteiger partial charge in [-0.15, -0.1) is 0 Å². The minimum atomic E-state index is -0.514. The van der Waals surface area contributed by atoms with Gasteiger partial charge in [-0.2, -0.15) is 0 Å². The van der Waals surface area contributed by atoms with Gasteiger partial charge >= 0.3 is 5.69 Å². The van der Waals surface area contributed by atoms with E-state index in [4.69, 9.17) is 0 Å². The number of anilines is 2. The Morgan fingerprint density at radius 3 is 2.85 bits per heavy atom. The molecule has 0 aliphatic carbocycles.